The minimum absolute atomic E-state index is 0.551. The number of fused-ring (bicyclic) bond motifs is 1. The number of hydrogen-bond donors (Lipinski definition) is 0. The van der Waals surface area contributed by atoms with Crippen LogP contribution in [0.3, 0.4) is 0 Å². The Bertz CT molecular complexity index is 1060. The van der Waals surface area contributed by atoms with E-state index >= 15 is 0 Å². The zero-order chi connectivity index (χ0) is 18.2. The van der Waals surface area contributed by atoms with Crippen molar-refractivity contribution in [1.82, 2.24) is 29.4 Å². The third-order valence-corrected chi connectivity index (χ3v) is 5.40. The van der Waals surface area contributed by atoms with Crippen molar-refractivity contribution in [3.8, 4) is 11.3 Å². The van der Waals surface area contributed by atoms with Gasteiger partial charge in [0, 0.05) is 49.6 Å². The van der Waals surface area contributed by atoms with Gasteiger partial charge in [-0.3, -0.25) is 4.68 Å². The average Bonchev–Trinajstić information content (AvgIpc) is 3.37. The number of aromatic nitrogens is 6. The number of anilines is 1. The van der Waals surface area contributed by atoms with Gasteiger partial charge in [0.05, 0.1) is 5.69 Å². The quantitative estimate of drug-likeness (QED) is 0.563. The molecule has 1 aliphatic rings. The van der Waals surface area contributed by atoms with Crippen LogP contribution >= 0.6 is 0 Å². The molecule has 1 aliphatic heterocycles. The molecule has 0 bridgehead atoms. The van der Waals surface area contributed by atoms with Crippen LogP contribution in [0, 0.1) is 0 Å². The standard InChI is InChI=1S/C20H21N7/c1-25-18(7-10-22-25)16-8-11-26(12-9-16)19-13-17(15-5-3-2-4-6-15)24-20-21-14-23-27(19)20/h2-7,10,13-14,16H,8-9,11-12H2,1H3. The molecule has 0 amide bonds. The van der Waals surface area contributed by atoms with Crippen molar-refractivity contribution in [2.24, 2.45) is 7.05 Å². The second-order valence-electron chi connectivity index (χ2n) is 6.98. The topological polar surface area (TPSA) is 64.1 Å². The molecule has 1 aromatic carbocycles. The molecule has 136 valence electrons. The van der Waals surface area contributed by atoms with Crippen LogP contribution in [-0.4, -0.2) is 42.5 Å². The first kappa shape index (κ1) is 16.0. The van der Waals surface area contributed by atoms with Crippen LogP contribution in [0.25, 0.3) is 17.0 Å². The number of benzene rings is 1. The Morgan fingerprint density at radius 3 is 2.56 bits per heavy atom. The lowest BCUT2D eigenvalue weighted by Gasteiger charge is -2.33. The summed E-state index contributed by atoms with van der Waals surface area (Å²) in [5, 5.41) is 8.72. The van der Waals surface area contributed by atoms with Crippen LogP contribution in [0.5, 0.6) is 0 Å². The number of nitrogens with zero attached hydrogens (tertiary/aromatic N) is 7. The Morgan fingerprint density at radius 2 is 1.81 bits per heavy atom. The van der Waals surface area contributed by atoms with Crippen molar-refractivity contribution in [1.29, 1.82) is 0 Å². The van der Waals surface area contributed by atoms with E-state index in [2.05, 4.69) is 49.3 Å². The highest BCUT2D eigenvalue weighted by molar-refractivity contribution is 5.65. The number of rotatable bonds is 3. The maximum absolute atomic E-state index is 4.68. The molecule has 4 aromatic rings. The summed E-state index contributed by atoms with van der Waals surface area (Å²) in [4.78, 5) is 11.4. The highest BCUT2D eigenvalue weighted by Crippen LogP contribution is 2.31. The number of hydrogen-bond acceptors (Lipinski definition) is 5. The predicted molar refractivity (Wildman–Crippen MR) is 104 cm³/mol. The van der Waals surface area contributed by atoms with E-state index in [0.29, 0.717) is 11.7 Å². The fourth-order valence-electron chi connectivity index (χ4n) is 3.97. The Hall–Kier alpha value is -3.22. The minimum Gasteiger partial charge on any atom is -0.356 e. The van der Waals surface area contributed by atoms with Gasteiger partial charge >= 0.3 is 0 Å². The molecule has 0 saturated carbocycles. The molecule has 0 radical (unpaired) electrons. The van der Waals surface area contributed by atoms with Gasteiger partial charge in [-0.25, -0.2) is 4.98 Å². The molecular formula is C20H21N7. The third-order valence-electron chi connectivity index (χ3n) is 5.40. The monoisotopic (exact) mass is 359 g/mol. The fourth-order valence-corrected chi connectivity index (χ4v) is 3.97. The van der Waals surface area contributed by atoms with Crippen LogP contribution in [0.2, 0.25) is 0 Å². The van der Waals surface area contributed by atoms with E-state index in [0.717, 1.165) is 43.0 Å². The SMILES string of the molecule is Cn1nccc1C1CCN(c2cc(-c3ccccc3)nc3ncnn23)CC1. The summed E-state index contributed by atoms with van der Waals surface area (Å²) in [5.41, 5.74) is 3.34. The normalized spacial score (nSPS) is 15.5. The van der Waals surface area contributed by atoms with Crippen LogP contribution < -0.4 is 4.90 Å². The average molecular weight is 359 g/mol. The summed E-state index contributed by atoms with van der Waals surface area (Å²) >= 11 is 0. The van der Waals surface area contributed by atoms with E-state index in [9.17, 15) is 0 Å². The van der Waals surface area contributed by atoms with Gasteiger partial charge in [0.25, 0.3) is 5.78 Å². The first-order valence-electron chi connectivity index (χ1n) is 9.28. The Labute approximate surface area is 157 Å². The molecule has 4 heterocycles. The van der Waals surface area contributed by atoms with Gasteiger partial charge < -0.3 is 4.90 Å². The molecule has 5 rings (SSSR count). The second-order valence-corrected chi connectivity index (χ2v) is 6.98. The van der Waals surface area contributed by atoms with E-state index in [4.69, 9.17) is 0 Å². The first-order chi connectivity index (χ1) is 13.3. The van der Waals surface area contributed by atoms with Crippen molar-refractivity contribution < 1.29 is 0 Å². The lowest BCUT2D eigenvalue weighted by atomic mass is 9.93. The maximum Gasteiger partial charge on any atom is 0.254 e. The summed E-state index contributed by atoms with van der Waals surface area (Å²) in [6.07, 6.45) is 5.65. The van der Waals surface area contributed by atoms with Gasteiger partial charge in [0.2, 0.25) is 0 Å². The molecule has 0 unspecified atom stereocenters. The van der Waals surface area contributed by atoms with Crippen LogP contribution in [-0.2, 0) is 7.05 Å². The largest absolute Gasteiger partial charge is 0.356 e. The van der Waals surface area contributed by atoms with Gasteiger partial charge in [0.1, 0.15) is 12.1 Å². The van der Waals surface area contributed by atoms with Gasteiger partial charge in [-0.2, -0.15) is 19.7 Å². The molecule has 1 saturated heterocycles. The molecular weight excluding hydrogens is 338 g/mol. The van der Waals surface area contributed by atoms with E-state index in [1.807, 2.05) is 40.6 Å². The van der Waals surface area contributed by atoms with Crippen LogP contribution in [0.15, 0.2) is 55.0 Å². The molecule has 7 nitrogen and oxygen atoms in total. The highest BCUT2D eigenvalue weighted by atomic mass is 15.4. The zero-order valence-electron chi connectivity index (χ0n) is 15.2. The summed E-state index contributed by atoms with van der Waals surface area (Å²) < 4.78 is 3.84. The predicted octanol–water partition coefficient (Wildman–Crippen LogP) is 2.91. The van der Waals surface area contributed by atoms with E-state index in [-0.39, 0.29) is 0 Å². The molecule has 0 aliphatic carbocycles. The van der Waals surface area contributed by atoms with Gasteiger partial charge in [-0.15, -0.1) is 0 Å². The molecule has 3 aromatic heterocycles. The van der Waals surface area contributed by atoms with Crippen LogP contribution in [0.4, 0.5) is 5.82 Å². The fraction of sp³-hybridized carbons (Fsp3) is 0.300. The minimum atomic E-state index is 0.551. The first-order valence-corrected chi connectivity index (χ1v) is 9.28. The third kappa shape index (κ3) is 2.85. The van der Waals surface area contributed by atoms with E-state index in [1.165, 1.54) is 5.69 Å². The van der Waals surface area contributed by atoms with Gasteiger partial charge in [-0.05, 0) is 18.9 Å². The maximum atomic E-state index is 4.68. The highest BCUT2D eigenvalue weighted by Gasteiger charge is 2.25. The molecule has 1 fully saturated rings. The van der Waals surface area contributed by atoms with Crippen molar-refractivity contribution in [3.05, 3.63) is 60.7 Å². The molecule has 27 heavy (non-hydrogen) atoms. The smallest absolute Gasteiger partial charge is 0.254 e. The zero-order valence-corrected chi connectivity index (χ0v) is 15.2. The van der Waals surface area contributed by atoms with Gasteiger partial charge in [-0.1, -0.05) is 30.3 Å². The second kappa shape index (κ2) is 6.50. The molecule has 0 N–H and O–H groups in total. The summed E-state index contributed by atoms with van der Waals surface area (Å²) in [6.45, 7) is 1.95. The molecule has 0 spiro atoms. The van der Waals surface area contributed by atoms with Crippen molar-refractivity contribution in [2.45, 2.75) is 18.8 Å². The lowest BCUT2D eigenvalue weighted by molar-refractivity contribution is 0.473. The van der Waals surface area contributed by atoms with Crippen LogP contribution in [0.1, 0.15) is 24.5 Å². The molecule has 0 atom stereocenters. The number of aryl methyl sites for hydroxylation is 1. The molecule has 7 heteroatoms. The van der Waals surface area contributed by atoms with Crippen molar-refractivity contribution in [3.63, 3.8) is 0 Å². The Morgan fingerprint density at radius 1 is 1.00 bits per heavy atom. The van der Waals surface area contributed by atoms with Crippen molar-refractivity contribution >= 4 is 11.6 Å². The Balaban J connectivity index is 1.47. The van der Waals surface area contributed by atoms with Gasteiger partial charge in [0.15, 0.2) is 0 Å². The van der Waals surface area contributed by atoms with E-state index < -0.39 is 0 Å². The van der Waals surface area contributed by atoms with Crippen molar-refractivity contribution in [2.75, 3.05) is 18.0 Å². The summed E-state index contributed by atoms with van der Waals surface area (Å²) in [7, 11) is 2.02. The Kier molecular flexibility index (Phi) is 3.85. The lowest BCUT2D eigenvalue weighted by Crippen LogP contribution is -2.34. The summed E-state index contributed by atoms with van der Waals surface area (Å²) in [6, 6.07) is 14.5. The summed E-state index contributed by atoms with van der Waals surface area (Å²) in [5.74, 6) is 2.25. The van der Waals surface area contributed by atoms with E-state index in [1.54, 1.807) is 6.33 Å². The number of piperidine rings is 1.